The van der Waals surface area contributed by atoms with Crippen molar-refractivity contribution in [3.8, 4) is 0 Å². The highest BCUT2D eigenvalue weighted by Gasteiger charge is 2.31. The minimum Gasteiger partial charge on any atom is -0.387 e. The van der Waals surface area contributed by atoms with Crippen molar-refractivity contribution in [3.63, 3.8) is 0 Å². The maximum Gasteiger partial charge on any atom is 0.257 e. The number of carbonyl (C=O) groups is 1. The number of hydrogen-bond acceptors (Lipinski definition) is 4. The maximum atomic E-state index is 13.0. The highest BCUT2D eigenvalue weighted by molar-refractivity contribution is 7.10. The molecule has 2 N–H and O–H groups in total. The third-order valence-corrected chi connectivity index (χ3v) is 6.96. The van der Waals surface area contributed by atoms with Crippen molar-refractivity contribution in [3.05, 3.63) is 39.8 Å². The van der Waals surface area contributed by atoms with E-state index in [1.165, 1.54) is 19.3 Å². The van der Waals surface area contributed by atoms with Crippen LogP contribution in [0.25, 0.3) is 0 Å². The molecule has 1 aliphatic carbocycles. The number of hydrogen-bond donors (Lipinski definition) is 2. The molecular weight excluding hydrogens is 346 g/mol. The summed E-state index contributed by atoms with van der Waals surface area (Å²) in [5.74, 6) is 0.784. The average molecular weight is 374 g/mol. The number of rotatable bonds is 4. The maximum absolute atomic E-state index is 13.0. The number of aromatic nitrogens is 2. The Balaban J connectivity index is 1.39. The van der Waals surface area contributed by atoms with Crippen LogP contribution in [0.15, 0.2) is 23.7 Å². The molecule has 4 rings (SSSR count). The van der Waals surface area contributed by atoms with Gasteiger partial charge in [-0.15, -0.1) is 11.3 Å². The summed E-state index contributed by atoms with van der Waals surface area (Å²) in [7, 11) is 0. The summed E-state index contributed by atoms with van der Waals surface area (Å²) in [6.45, 7) is 1.42. The number of thiophene rings is 1. The first-order valence-corrected chi connectivity index (χ1v) is 10.7. The van der Waals surface area contributed by atoms with E-state index in [1.807, 2.05) is 22.4 Å². The van der Waals surface area contributed by atoms with E-state index < -0.39 is 6.10 Å². The van der Waals surface area contributed by atoms with Gasteiger partial charge >= 0.3 is 0 Å². The highest BCUT2D eigenvalue weighted by atomic mass is 32.1. The summed E-state index contributed by atoms with van der Waals surface area (Å²) in [4.78, 5) is 16.0. The molecule has 26 heavy (non-hydrogen) atoms. The van der Waals surface area contributed by atoms with Crippen LogP contribution in [0.2, 0.25) is 0 Å². The molecule has 2 aliphatic rings. The normalized spacial score (nSPS) is 21.0. The van der Waals surface area contributed by atoms with Crippen LogP contribution in [0.4, 0.5) is 0 Å². The first-order chi connectivity index (χ1) is 12.7. The number of aromatic amines is 1. The monoisotopic (exact) mass is 373 g/mol. The fraction of sp³-hybridized carbons (Fsp3) is 0.600. The Morgan fingerprint density at radius 3 is 2.69 bits per heavy atom. The van der Waals surface area contributed by atoms with E-state index in [-0.39, 0.29) is 11.8 Å². The van der Waals surface area contributed by atoms with E-state index in [2.05, 4.69) is 10.2 Å². The van der Waals surface area contributed by atoms with Gasteiger partial charge in [-0.3, -0.25) is 9.89 Å². The number of nitrogens with one attached hydrogen (secondary N) is 1. The quantitative estimate of drug-likeness (QED) is 0.847. The minimum atomic E-state index is -0.404. The Morgan fingerprint density at radius 2 is 2.00 bits per heavy atom. The SMILES string of the molecule is O=C(c1cn[nH]c1C1CCCCC1)N1CCC(C(O)c2cccs2)CC1. The Labute approximate surface area is 158 Å². The van der Waals surface area contributed by atoms with Crippen molar-refractivity contribution in [2.24, 2.45) is 5.92 Å². The molecule has 1 unspecified atom stereocenters. The van der Waals surface area contributed by atoms with Gasteiger partial charge < -0.3 is 10.0 Å². The second-order valence-electron chi connectivity index (χ2n) is 7.62. The average Bonchev–Trinajstić information content (AvgIpc) is 3.39. The molecule has 3 heterocycles. The van der Waals surface area contributed by atoms with E-state index >= 15 is 0 Å². The van der Waals surface area contributed by atoms with Crippen molar-refractivity contribution in [1.82, 2.24) is 15.1 Å². The van der Waals surface area contributed by atoms with E-state index in [4.69, 9.17) is 0 Å². The number of piperidine rings is 1. The molecule has 0 aromatic carbocycles. The van der Waals surface area contributed by atoms with Gasteiger partial charge in [-0.2, -0.15) is 5.10 Å². The van der Waals surface area contributed by atoms with Crippen molar-refractivity contribution < 1.29 is 9.90 Å². The van der Waals surface area contributed by atoms with E-state index in [0.717, 1.165) is 41.8 Å². The first kappa shape index (κ1) is 17.7. The highest BCUT2D eigenvalue weighted by Crippen LogP contribution is 2.35. The summed E-state index contributed by atoms with van der Waals surface area (Å²) >= 11 is 1.60. The second kappa shape index (κ2) is 7.92. The summed E-state index contributed by atoms with van der Waals surface area (Å²) in [5, 5.41) is 19.8. The van der Waals surface area contributed by atoms with Gasteiger partial charge in [-0.25, -0.2) is 0 Å². The second-order valence-corrected chi connectivity index (χ2v) is 8.60. The van der Waals surface area contributed by atoms with E-state index in [0.29, 0.717) is 19.0 Å². The molecule has 6 heteroatoms. The van der Waals surface area contributed by atoms with Crippen LogP contribution in [0.1, 0.15) is 77.9 Å². The van der Waals surface area contributed by atoms with Crippen LogP contribution in [0.3, 0.4) is 0 Å². The molecule has 140 valence electrons. The van der Waals surface area contributed by atoms with Gasteiger partial charge in [0.25, 0.3) is 5.91 Å². The molecule has 2 aromatic rings. The van der Waals surface area contributed by atoms with E-state index in [9.17, 15) is 9.90 Å². The van der Waals surface area contributed by atoms with Crippen LogP contribution < -0.4 is 0 Å². The van der Waals surface area contributed by atoms with Crippen LogP contribution in [-0.4, -0.2) is 39.2 Å². The van der Waals surface area contributed by atoms with Crippen molar-refractivity contribution >= 4 is 17.2 Å². The summed E-state index contributed by atoms with van der Waals surface area (Å²) in [6.07, 6.45) is 9.08. The first-order valence-electron chi connectivity index (χ1n) is 9.78. The van der Waals surface area contributed by atoms with Gasteiger partial charge in [0.05, 0.1) is 23.6 Å². The number of carbonyl (C=O) groups excluding carboxylic acids is 1. The lowest BCUT2D eigenvalue weighted by Crippen LogP contribution is -2.40. The lowest BCUT2D eigenvalue weighted by atomic mass is 9.85. The molecule has 1 amide bonds. The predicted molar refractivity (Wildman–Crippen MR) is 102 cm³/mol. The van der Waals surface area contributed by atoms with Gasteiger partial charge in [0.2, 0.25) is 0 Å². The van der Waals surface area contributed by atoms with Gasteiger partial charge in [0, 0.05) is 23.9 Å². The Kier molecular flexibility index (Phi) is 5.41. The molecule has 0 bridgehead atoms. The molecule has 2 fully saturated rings. The predicted octanol–water partition coefficient (Wildman–Crippen LogP) is 4.10. The van der Waals surface area contributed by atoms with Gasteiger partial charge in [-0.05, 0) is 43.0 Å². The van der Waals surface area contributed by atoms with Crippen LogP contribution in [0, 0.1) is 5.92 Å². The summed E-state index contributed by atoms with van der Waals surface area (Å²) in [6, 6.07) is 3.97. The Hall–Kier alpha value is -1.66. The fourth-order valence-electron chi connectivity index (χ4n) is 4.45. The number of aliphatic hydroxyl groups is 1. The molecule has 1 aliphatic heterocycles. The zero-order valence-corrected chi connectivity index (χ0v) is 15.9. The van der Waals surface area contributed by atoms with Crippen LogP contribution in [0.5, 0.6) is 0 Å². The largest absolute Gasteiger partial charge is 0.387 e. The van der Waals surface area contributed by atoms with Crippen molar-refractivity contribution in [2.45, 2.75) is 57.0 Å². The van der Waals surface area contributed by atoms with E-state index in [1.54, 1.807) is 17.5 Å². The molecule has 1 saturated carbocycles. The number of H-pyrrole nitrogens is 1. The fourth-order valence-corrected chi connectivity index (χ4v) is 5.25. The molecular formula is C20H27N3O2S. The molecule has 1 saturated heterocycles. The minimum absolute atomic E-state index is 0.100. The Bertz CT molecular complexity index is 713. The van der Waals surface area contributed by atoms with Crippen LogP contribution in [-0.2, 0) is 0 Å². The van der Waals surface area contributed by atoms with Gasteiger partial charge in [0.15, 0.2) is 0 Å². The summed E-state index contributed by atoms with van der Waals surface area (Å²) < 4.78 is 0. The zero-order chi connectivity index (χ0) is 17.9. The third kappa shape index (κ3) is 3.58. The van der Waals surface area contributed by atoms with Crippen molar-refractivity contribution in [1.29, 1.82) is 0 Å². The molecule has 2 aromatic heterocycles. The number of nitrogens with zero attached hydrogens (tertiary/aromatic N) is 2. The smallest absolute Gasteiger partial charge is 0.257 e. The van der Waals surface area contributed by atoms with Gasteiger partial charge in [-0.1, -0.05) is 25.3 Å². The standard InChI is InChI=1S/C20H27N3O2S/c24-19(17-7-4-12-26-17)15-8-10-23(11-9-15)20(25)16-13-21-22-18(16)14-5-2-1-3-6-14/h4,7,12-15,19,24H,1-3,5-6,8-11H2,(H,21,22). The summed E-state index contributed by atoms with van der Waals surface area (Å²) in [5.41, 5.74) is 1.80. The number of amides is 1. The topological polar surface area (TPSA) is 69.2 Å². The molecule has 1 atom stereocenters. The van der Waals surface area contributed by atoms with Crippen molar-refractivity contribution in [2.75, 3.05) is 13.1 Å². The lowest BCUT2D eigenvalue weighted by Gasteiger charge is -2.34. The lowest BCUT2D eigenvalue weighted by molar-refractivity contribution is 0.0473. The molecule has 0 radical (unpaired) electrons. The zero-order valence-electron chi connectivity index (χ0n) is 15.1. The number of likely N-dealkylation sites (tertiary alicyclic amines) is 1. The molecule has 0 spiro atoms. The van der Waals surface area contributed by atoms with Crippen LogP contribution >= 0.6 is 11.3 Å². The molecule has 5 nitrogen and oxygen atoms in total. The third-order valence-electron chi connectivity index (χ3n) is 6.02. The Morgan fingerprint density at radius 1 is 1.23 bits per heavy atom. The number of aliphatic hydroxyl groups excluding tert-OH is 1. The van der Waals surface area contributed by atoms with Gasteiger partial charge in [0.1, 0.15) is 0 Å².